The van der Waals surface area contributed by atoms with E-state index in [0.717, 1.165) is 0 Å². The summed E-state index contributed by atoms with van der Waals surface area (Å²) in [5.41, 5.74) is 8.62. The Bertz CT molecular complexity index is 2100. The molecule has 0 aliphatic carbocycles. The molecule has 0 unspecified atom stereocenters. The van der Waals surface area contributed by atoms with Gasteiger partial charge in [0.2, 0.25) is 0 Å². The van der Waals surface area contributed by atoms with Crippen LogP contribution in [0, 0.1) is 0 Å². The van der Waals surface area contributed by atoms with Crippen molar-refractivity contribution in [2.45, 2.75) is 0 Å². The molecule has 0 N–H and O–H groups in total. The third-order valence-electron chi connectivity index (χ3n) is 7.83. The fourth-order valence-electron chi connectivity index (χ4n) is 6.10. The molecule has 8 rings (SSSR count). The van der Waals surface area contributed by atoms with Gasteiger partial charge in [0.1, 0.15) is 0 Å². The van der Waals surface area contributed by atoms with Gasteiger partial charge in [-0.3, -0.25) is 0 Å². The third-order valence-corrected chi connectivity index (χ3v) is 9.13. The van der Waals surface area contributed by atoms with Crippen LogP contribution in [-0.4, -0.2) is 4.57 Å². The van der Waals surface area contributed by atoms with E-state index in [0.29, 0.717) is 0 Å². The molecule has 2 heteroatoms. The second-order valence-corrected chi connectivity index (χ2v) is 11.1. The zero-order valence-corrected chi connectivity index (χ0v) is 22.6. The first-order valence-corrected chi connectivity index (χ1v) is 14.4. The second kappa shape index (κ2) is 9.37. The van der Waals surface area contributed by atoms with E-state index in [1.807, 2.05) is 11.3 Å². The van der Waals surface area contributed by atoms with Crippen molar-refractivity contribution in [2.24, 2.45) is 0 Å². The summed E-state index contributed by atoms with van der Waals surface area (Å²) in [5.74, 6) is 0. The van der Waals surface area contributed by atoms with Crippen LogP contribution in [0.15, 0.2) is 152 Å². The highest BCUT2D eigenvalue weighted by Crippen LogP contribution is 2.48. The average Bonchev–Trinajstić information content (AvgIpc) is 3.58. The molecule has 0 aliphatic rings. The highest BCUT2D eigenvalue weighted by Gasteiger charge is 2.21. The van der Waals surface area contributed by atoms with E-state index in [4.69, 9.17) is 0 Å². The Balaban J connectivity index is 1.49. The summed E-state index contributed by atoms with van der Waals surface area (Å²) < 4.78 is 2.45. The summed E-state index contributed by atoms with van der Waals surface area (Å²) in [4.78, 5) is 2.61. The lowest BCUT2D eigenvalue weighted by molar-refractivity contribution is 1.18. The number of aromatic nitrogens is 1. The molecule has 6 aromatic carbocycles. The molecular formula is C38H25NS. The van der Waals surface area contributed by atoms with Gasteiger partial charge < -0.3 is 4.57 Å². The van der Waals surface area contributed by atoms with E-state index in [9.17, 15) is 0 Å². The van der Waals surface area contributed by atoms with Crippen LogP contribution < -0.4 is 0 Å². The molecule has 0 bridgehead atoms. The van der Waals surface area contributed by atoms with E-state index in [1.165, 1.54) is 70.3 Å². The zero-order valence-electron chi connectivity index (χ0n) is 21.8. The number of hydrogen-bond donors (Lipinski definition) is 0. The maximum Gasteiger partial charge on any atom is 0.0547 e. The summed E-state index contributed by atoms with van der Waals surface area (Å²) in [5, 5.41) is 5.14. The second-order valence-electron chi connectivity index (χ2n) is 10.1. The van der Waals surface area contributed by atoms with Crippen molar-refractivity contribution in [3.05, 3.63) is 152 Å². The molecule has 40 heavy (non-hydrogen) atoms. The highest BCUT2D eigenvalue weighted by molar-refractivity contribution is 7.21. The lowest BCUT2D eigenvalue weighted by Gasteiger charge is -2.18. The Hall–Kier alpha value is -4.92. The molecule has 0 saturated heterocycles. The largest absolute Gasteiger partial charge is 0.309 e. The Morgan fingerprint density at radius 1 is 0.375 bits per heavy atom. The molecule has 2 heterocycles. The highest BCUT2D eigenvalue weighted by atomic mass is 32.1. The summed E-state index contributed by atoms with van der Waals surface area (Å²) in [6.07, 6.45) is 0. The minimum Gasteiger partial charge on any atom is -0.309 e. The van der Waals surface area contributed by atoms with Crippen molar-refractivity contribution < 1.29 is 0 Å². The molecule has 0 spiro atoms. The molecule has 0 saturated carbocycles. The minimum absolute atomic E-state index is 1.19. The van der Waals surface area contributed by atoms with Crippen LogP contribution in [0.5, 0.6) is 0 Å². The van der Waals surface area contributed by atoms with Crippen LogP contribution in [-0.2, 0) is 0 Å². The standard InChI is InChI=1S/C38H25NS/c1-3-14-26(15-4-1)36-32(38-31-21-8-7-20-30(31)37(40-38)27-16-5-2-6-17-27)22-13-25-35(36)39-33-23-11-9-18-28(33)29-19-10-12-24-34(29)39/h1-25H. The smallest absolute Gasteiger partial charge is 0.0547 e. The van der Waals surface area contributed by atoms with Gasteiger partial charge in [-0.05, 0) is 29.3 Å². The number of hydrogen-bond acceptors (Lipinski definition) is 1. The molecule has 0 atom stereocenters. The predicted octanol–water partition coefficient (Wildman–Crippen LogP) is 11.0. The number of para-hydroxylation sites is 2. The van der Waals surface area contributed by atoms with Crippen molar-refractivity contribution in [3.8, 4) is 37.7 Å². The molecule has 0 amide bonds. The van der Waals surface area contributed by atoms with Gasteiger partial charge in [-0.1, -0.05) is 133 Å². The maximum atomic E-state index is 2.45. The van der Waals surface area contributed by atoms with Gasteiger partial charge in [0.25, 0.3) is 0 Å². The Morgan fingerprint density at radius 3 is 1.50 bits per heavy atom. The quantitative estimate of drug-likeness (QED) is 0.214. The Morgan fingerprint density at radius 2 is 0.875 bits per heavy atom. The molecule has 1 nitrogen and oxygen atoms in total. The van der Waals surface area contributed by atoms with E-state index in [-0.39, 0.29) is 0 Å². The van der Waals surface area contributed by atoms with E-state index in [2.05, 4.69) is 156 Å². The predicted molar refractivity (Wildman–Crippen MR) is 172 cm³/mol. The topological polar surface area (TPSA) is 4.93 Å². The lowest BCUT2D eigenvalue weighted by Crippen LogP contribution is -1.99. The molecule has 188 valence electrons. The van der Waals surface area contributed by atoms with Crippen LogP contribution in [0.25, 0.3) is 70.3 Å². The minimum atomic E-state index is 1.19. The third kappa shape index (κ3) is 3.54. The fraction of sp³-hybridized carbons (Fsp3) is 0. The van der Waals surface area contributed by atoms with Gasteiger partial charge in [-0.25, -0.2) is 0 Å². The van der Waals surface area contributed by atoms with Crippen molar-refractivity contribution in [2.75, 3.05) is 0 Å². The number of thiophene rings is 1. The Kier molecular flexibility index (Phi) is 5.39. The molecule has 0 radical (unpaired) electrons. The van der Waals surface area contributed by atoms with E-state index >= 15 is 0 Å². The van der Waals surface area contributed by atoms with Crippen molar-refractivity contribution in [1.29, 1.82) is 0 Å². The molecular weight excluding hydrogens is 502 g/mol. The zero-order chi connectivity index (χ0) is 26.5. The molecule has 0 fully saturated rings. The first kappa shape index (κ1) is 23.0. The summed E-state index contributed by atoms with van der Waals surface area (Å²) in [6.45, 7) is 0. The van der Waals surface area contributed by atoms with Gasteiger partial charge >= 0.3 is 0 Å². The Labute approximate surface area is 237 Å². The van der Waals surface area contributed by atoms with Crippen molar-refractivity contribution >= 4 is 43.9 Å². The summed E-state index contributed by atoms with van der Waals surface area (Å²) >= 11 is 1.89. The maximum absolute atomic E-state index is 2.45. The first-order chi connectivity index (χ1) is 19.9. The molecule has 8 aromatic rings. The number of nitrogens with zero attached hydrogens (tertiary/aromatic N) is 1. The van der Waals surface area contributed by atoms with Crippen LogP contribution in [0.1, 0.15) is 0 Å². The SMILES string of the molecule is c1ccc(-c2c(-c3sc(-c4ccccc4)c4ccccc34)cccc2-n2c3ccccc3c3ccccc32)cc1. The van der Waals surface area contributed by atoms with E-state index < -0.39 is 0 Å². The van der Waals surface area contributed by atoms with Crippen LogP contribution in [0.4, 0.5) is 0 Å². The van der Waals surface area contributed by atoms with Crippen molar-refractivity contribution in [1.82, 2.24) is 4.57 Å². The van der Waals surface area contributed by atoms with Gasteiger partial charge in [-0.15, -0.1) is 11.3 Å². The van der Waals surface area contributed by atoms with Crippen LogP contribution in [0.3, 0.4) is 0 Å². The van der Waals surface area contributed by atoms with Crippen LogP contribution in [0.2, 0.25) is 0 Å². The monoisotopic (exact) mass is 527 g/mol. The molecule has 0 aliphatic heterocycles. The van der Waals surface area contributed by atoms with Gasteiger partial charge in [0.05, 0.1) is 16.7 Å². The van der Waals surface area contributed by atoms with E-state index in [1.54, 1.807) is 0 Å². The van der Waals surface area contributed by atoms with Gasteiger partial charge in [-0.2, -0.15) is 0 Å². The fourth-order valence-corrected chi connectivity index (χ4v) is 7.42. The number of rotatable bonds is 4. The normalized spacial score (nSPS) is 11.5. The lowest BCUT2D eigenvalue weighted by atomic mass is 9.94. The molecule has 2 aromatic heterocycles. The van der Waals surface area contributed by atoms with Gasteiger partial charge in [0.15, 0.2) is 0 Å². The number of benzene rings is 6. The van der Waals surface area contributed by atoms with Crippen molar-refractivity contribution in [3.63, 3.8) is 0 Å². The van der Waals surface area contributed by atoms with Crippen LogP contribution >= 0.6 is 11.3 Å². The average molecular weight is 528 g/mol. The first-order valence-electron chi connectivity index (χ1n) is 13.6. The number of fused-ring (bicyclic) bond motifs is 4. The summed E-state index contributed by atoms with van der Waals surface area (Å²) in [6, 6.07) is 54.8. The summed E-state index contributed by atoms with van der Waals surface area (Å²) in [7, 11) is 0. The van der Waals surface area contributed by atoms with Gasteiger partial charge in [0, 0.05) is 42.4 Å².